The lowest BCUT2D eigenvalue weighted by Gasteiger charge is -2.31. The predicted molar refractivity (Wildman–Crippen MR) is 120 cm³/mol. The van der Waals surface area contributed by atoms with E-state index in [0.29, 0.717) is 23.3 Å². The van der Waals surface area contributed by atoms with Crippen LogP contribution >= 0.6 is 12.2 Å². The van der Waals surface area contributed by atoms with Crippen molar-refractivity contribution < 1.29 is 4.39 Å². The highest BCUT2D eigenvalue weighted by Crippen LogP contribution is 2.26. The largest absolute Gasteiger partial charge is 0.342 e. The average molecular weight is 410 g/mol. The lowest BCUT2D eigenvalue weighted by Crippen LogP contribution is -2.42. The number of anilines is 1. The molecule has 2 N–H and O–H groups in total. The lowest BCUT2D eigenvalue weighted by molar-refractivity contribution is 0.311. The van der Waals surface area contributed by atoms with Gasteiger partial charge >= 0.3 is 0 Å². The molecule has 1 saturated carbocycles. The van der Waals surface area contributed by atoms with Crippen LogP contribution in [0.3, 0.4) is 0 Å². The van der Waals surface area contributed by atoms with E-state index in [9.17, 15) is 9.18 Å². The quantitative estimate of drug-likeness (QED) is 0.588. The number of pyridine rings is 1. The Bertz CT molecular complexity index is 1090. The molecule has 0 bridgehead atoms. The molecule has 29 heavy (non-hydrogen) atoms. The summed E-state index contributed by atoms with van der Waals surface area (Å²) >= 11 is 5.69. The smallest absolute Gasteiger partial charge is 0.253 e. The van der Waals surface area contributed by atoms with Gasteiger partial charge in [-0.3, -0.25) is 4.79 Å². The van der Waals surface area contributed by atoms with Crippen molar-refractivity contribution in [1.29, 1.82) is 0 Å². The zero-order valence-corrected chi connectivity index (χ0v) is 17.2. The van der Waals surface area contributed by atoms with Gasteiger partial charge in [-0.2, -0.15) is 0 Å². The molecule has 2 aromatic carbocycles. The number of nitrogens with zero attached hydrogens (tertiary/aromatic N) is 1. The summed E-state index contributed by atoms with van der Waals surface area (Å²) in [5.41, 5.74) is 3.30. The third-order valence-electron chi connectivity index (χ3n) is 5.54. The number of aryl methyl sites for hydroxylation is 1. The first-order valence-corrected chi connectivity index (χ1v) is 10.4. The minimum absolute atomic E-state index is 0.0873. The van der Waals surface area contributed by atoms with Gasteiger partial charge in [-0.25, -0.2) is 4.39 Å². The Morgan fingerprint density at radius 2 is 1.90 bits per heavy atom. The molecule has 0 unspecified atom stereocenters. The minimum atomic E-state index is -0.285. The lowest BCUT2D eigenvalue weighted by atomic mass is 10.1. The van der Waals surface area contributed by atoms with Gasteiger partial charge in [0.25, 0.3) is 5.56 Å². The summed E-state index contributed by atoms with van der Waals surface area (Å²) in [4.78, 5) is 17.8. The normalized spacial score (nSPS) is 14.3. The third-order valence-corrected chi connectivity index (χ3v) is 5.88. The predicted octanol–water partition coefficient (Wildman–Crippen LogP) is 5.12. The van der Waals surface area contributed by atoms with Crippen LogP contribution in [0, 0.1) is 12.7 Å². The molecule has 0 aliphatic heterocycles. The topological polar surface area (TPSA) is 48.1 Å². The number of aromatic nitrogens is 1. The second-order valence-electron chi connectivity index (χ2n) is 7.72. The molecule has 0 amide bonds. The fraction of sp³-hybridized carbons (Fsp3) is 0.304. The molecule has 150 valence electrons. The highest BCUT2D eigenvalue weighted by atomic mass is 32.1. The minimum Gasteiger partial charge on any atom is -0.342 e. The Balaban J connectivity index is 1.62. The summed E-state index contributed by atoms with van der Waals surface area (Å²) in [6, 6.07) is 14.4. The van der Waals surface area contributed by atoms with Crippen LogP contribution in [0.2, 0.25) is 0 Å². The molecular weight excluding hydrogens is 385 g/mol. The van der Waals surface area contributed by atoms with Gasteiger partial charge in [-0.15, -0.1) is 0 Å². The summed E-state index contributed by atoms with van der Waals surface area (Å²) in [7, 11) is 0. The maximum absolute atomic E-state index is 13.2. The molecular formula is C23H24FN3OS. The van der Waals surface area contributed by atoms with Gasteiger partial charge in [0.15, 0.2) is 5.11 Å². The summed E-state index contributed by atoms with van der Waals surface area (Å²) < 4.78 is 13.2. The number of nitrogens with one attached hydrogen (secondary N) is 2. The van der Waals surface area contributed by atoms with Crippen LogP contribution in [0.4, 0.5) is 10.1 Å². The molecule has 1 aliphatic rings. The molecule has 0 radical (unpaired) electrons. The van der Waals surface area contributed by atoms with Gasteiger partial charge in [0.2, 0.25) is 0 Å². The van der Waals surface area contributed by atoms with E-state index in [1.807, 2.05) is 31.2 Å². The number of aromatic amines is 1. The molecule has 0 spiro atoms. The van der Waals surface area contributed by atoms with Crippen molar-refractivity contribution in [3.8, 4) is 0 Å². The number of hydrogen-bond acceptors (Lipinski definition) is 2. The summed E-state index contributed by atoms with van der Waals surface area (Å²) in [6.07, 6.45) is 4.42. The highest BCUT2D eigenvalue weighted by molar-refractivity contribution is 7.80. The van der Waals surface area contributed by atoms with Gasteiger partial charge < -0.3 is 15.2 Å². The highest BCUT2D eigenvalue weighted by Gasteiger charge is 2.25. The summed E-state index contributed by atoms with van der Waals surface area (Å²) in [6.45, 7) is 2.45. The van der Waals surface area contributed by atoms with E-state index >= 15 is 0 Å². The molecule has 3 aromatic rings. The van der Waals surface area contributed by atoms with Crippen molar-refractivity contribution in [2.45, 2.75) is 45.2 Å². The Morgan fingerprint density at radius 1 is 1.17 bits per heavy atom. The number of fused-ring (bicyclic) bond motifs is 1. The number of hydrogen-bond donors (Lipinski definition) is 2. The Hall–Kier alpha value is -2.73. The van der Waals surface area contributed by atoms with E-state index in [-0.39, 0.29) is 11.4 Å². The van der Waals surface area contributed by atoms with E-state index in [1.165, 1.54) is 12.1 Å². The molecule has 0 saturated heterocycles. The number of H-pyrrole nitrogens is 1. The van der Waals surface area contributed by atoms with Crippen LogP contribution in [0.25, 0.3) is 10.9 Å². The number of thiocarbonyl (C=S) groups is 1. The van der Waals surface area contributed by atoms with Gasteiger partial charge in [-0.1, -0.05) is 25.0 Å². The zero-order valence-electron chi connectivity index (χ0n) is 16.4. The van der Waals surface area contributed by atoms with Crippen LogP contribution in [-0.2, 0) is 6.54 Å². The van der Waals surface area contributed by atoms with E-state index in [0.717, 1.165) is 47.8 Å². The van der Waals surface area contributed by atoms with Gasteiger partial charge in [0.05, 0.1) is 6.54 Å². The van der Waals surface area contributed by atoms with Crippen LogP contribution < -0.4 is 10.9 Å². The summed E-state index contributed by atoms with van der Waals surface area (Å²) in [5.74, 6) is -0.285. The summed E-state index contributed by atoms with van der Waals surface area (Å²) in [5, 5.41) is 4.78. The second kappa shape index (κ2) is 8.33. The zero-order chi connectivity index (χ0) is 20.4. The molecule has 4 nitrogen and oxygen atoms in total. The number of rotatable bonds is 4. The molecule has 0 atom stereocenters. The van der Waals surface area contributed by atoms with Crippen molar-refractivity contribution in [3.63, 3.8) is 0 Å². The Morgan fingerprint density at radius 3 is 2.62 bits per heavy atom. The van der Waals surface area contributed by atoms with Crippen molar-refractivity contribution in [2.24, 2.45) is 0 Å². The number of halogens is 1. The van der Waals surface area contributed by atoms with Crippen LogP contribution in [0.1, 0.15) is 36.8 Å². The SMILES string of the molecule is Cc1ccc2cc(CN(C(=S)Nc3ccc(F)cc3)C3CCCC3)c(=O)[nH]c2c1. The van der Waals surface area contributed by atoms with Crippen LogP contribution in [-0.4, -0.2) is 21.0 Å². The molecule has 1 aromatic heterocycles. The van der Waals surface area contributed by atoms with Crippen LogP contribution in [0.5, 0.6) is 0 Å². The first-order valence-electron chi connectivity index (χ1n) is 9.95. The molecule has 1 aliphatic carbocycles. The van der Waals surface area contributed by atoms with Gasteiger partial charge in [0, 0.05) is 22.8 Å². The van der Waals surface area contributed by atoms with E-state index in [1.54, 1.807) is 12.1 Å². The first kappa shape index (κ1) is 19.6. The van der Waals surface area contributed by atoms with Gasteiger partial charge in [0.1, 0.15) is 5.82 Å². The third kappa shape index (κ3) is 4.48. The molecule has 1 heterocycles. The fourth-order valence-electron chi connectivity index (χ4n) is 3.97. The van der Waals surface area contributed by atoms with E-state index < -0.39 is 0 Å². The molecule has 1 fully saturated rings. The monoisotopic (exact) mass is 409 g/mol. The van der Waals surface area contributed by atoms with Crippen molar-refractivity contribution in [1.82, 2.24) is 9.88 Å². The van der Waals surface area contributed by atoms with Crippen molar-refractivity contribution in [3.05, 3.63) is 75.8 Å². The van der Waals surface area contributed by atoms with Crippen molar-refractivity contribution in [2.75, 3.05) is 5.32 Å². The maximum Gasteiger partial charge on any atom is 0.253 e. The molecule has 6 heteroatoms. The molecule has 4 rings (SSSR count). The standard InChI is InChI=1S/C23H24FN3OS/c1-15-6-7-16-13-17(22(28)26-21(16)12-15)14-27(20-4-2-3-5-20)23(29)25-19-10-8-18(24)9-11-19/h6-13,20H,2-5,14H2,1H3,(H,25,29)(H,26,28). The Kier molecular flexibility index (Phi) is 5.62. The van der Waals surface area contributed by atoms with Crippen LogP contribution in [0.15, 0.2) is 53.3 Å². The average Bonchev–Trinajstić information content (AvgIpc) is 3.22. The van der Waals surface area contributed by atoms with Gasteiger partial charge in [-0.05, 0) is 79.3 Å². The van der Waals surface area contributed by atoms with E-state index in [4.69, 9.17) is 12.2 Å². The maximum atomic E-state index is 13.2. The second-order valence-corrected chi connectivity index (χ2v) is 8.10. The van der Waals surface area contributed by atoms with Crippen molar-refractivity contribution >= 4 is 33.9 Å². The van der Waals surface area contributed by atoms with E-state index in [2.05, 4.69) is 15.2 Å². The number of benzene rings is 2. The Labute approximate surface area is 174 Å². The first-order chi connectivity index (χ1) is 14.0. The fourth-order valence-corrected chi connectivity index (χ4v) is 4.30.